The summed E-state index contributed by atoms with van der Waals surface area (Å²) in [6, 6.07) is 5.77. The van der Waals surface area contributed by atoms with Crippen LogP contribution in [0.5, 0.6) is 5.75 Å². The van der Waals surface area contributed by atoms with E-state index < -0.39 is 0 Å². The third-order valence-electron chi connectivity index (χ3n) is 6.04. The second-order valence-electron chi connectivity index (χ2n) is 7.85. The van der Waals surface area contributed by atoms with E-state index in [4.69, 9.17) is 9.26 Å². The van der Waals surface area contributed by atoms with Crippen LogP contribution in [0.4, 0.5) is 0 Å². The predicted octanol–water partition coefficient (Wildman–Crippen LogP) is 4.29. The third-order valence-corrected chi connectivity index (χ3v) is 6.77. The number of ether oxygens (including phenoxy) is 1. The van der Waals surface area contributed by atoms with E-state index in [-0.39, 0.29) is 5.91 Å². The fourth-order valence-corrected chi connectivity index (χ4v) is 4.63. The molecule has 0 radical (unpaired) electrons. The molecule has 0 unspecified atom stereocenters. The summed E-state index contributed by atoms with van der Waals surface area (Å²) in [6.45, 7) is 6.02. The van der Waals surface area contributed by atoms with E-state index in [1.807, 2.05) is 55.6 Å². The second-order valence-corrected chi connectivity index (χ2v) is 8.73. The van der Waals surface area contributed by atoms with E-state index in [1.165, 1.54) is 0 Å². The Balaban J connectivity index is 1.44. The number of hydrogen-bond acceptors (Lipinski definition) is 6. The minimum atomic E-state index is 0.0296. The smallest absolute Gasteiger partial charge is 0.257 e. The molecule has 4 rings (SSSR count). The zero-order valence-electron chi connectivity index (χ0n) is 18.4. The summed E-state index contributed by atoms with van der Waals surface area (Å²) in [5.74, 6) is 2.89. The van der Waals surface area contributed by atoms with Crippen LogP contribution in [0.15, 0.2) is 40.0 Å². The zero-order chi connectivity index (χ0) is 22.0. The van der Waals surface area contributed by atoms with E-state index in [1.54, 1.807) is 18.9 Å². The van der Waals surface area contributed by atoms with E-state index >= 15 is 0 Å². The number of hydrogen-bond donors (Lipinski definition) is 0. The van der Waals surface area contributed by atoms with Crippen LogP contribution in [-0.2, 0) is 6.54 Å². The minimum absolute atomic E-state index is 0.0296. The van der Waals surface area contributed by atoms with Crippen molar-refractivity contribution in [3.05, 3.63) is 59.0 Å². The van der Waals surface area contributed by atoms with Crippen LogP contribution in [0.3, 0.4) is 0 Å². The lowest BCUT2D eigenvalue weighted by Crippen LogP contribution is -2.38. The Bertz CT molecular complexity index is 1050. The maximum atomic E-state index is 13.1. The van der Waals surface area contributed by atoms with E-state index in [0.717, 1.165) is 40.6 Å². The van der Waals surface area contributed by atoms with Crippen molar-refractivity contribution in [3.8, 4) is 5.75 Å². The number of benzene rings is 1. The van der Waals surface area contributed by atoms with Gasteiger partial charge in [0.2, 0.25) is 0 Å². The van der Waals surface area contributed by atoms with Crippen LogP contribution in [0.1, 0.15) is 52.0 Å². The Hall–Kier alpha value is -2.74. The molecule has 1 aliphatic heterocycles. The Morgan fingerprint density at radius 1 is 1.29 bits per heavy atom. The van der Waals surface area contributed by atoms with Gasteiger partial charge in [-0.1, -0.05) is 5.16 Å². The van der Waals surface area contributed by atoms with Gasteiger partial charge < -0.3 is 18.7 Å². The Labute approximate surface area is 186 Å². The minimum Gasteiger partial charge on any atom is -0.496 e. The van der Waals surface area contributed by atoms with Crippen molar-refractivity contribution in [2.45, 2.75) is 44.0 Å². The second kappa shape index (κ2) is 9.18. The molecule has 8 heteroatoms. The number of aromatic nitrogens is 3. The molecule has 0 N–H and O–H groups in total. The molecule has 1 amide bonds. The average Bonchev–Trinajstić information content (AvgIpc) is 3.40. The number of imidazole rings is 1. The standard InChI is InChI=1S/C23H28N4O3S/c1-15-20(16(2)30-25-15)14-27-12-9-24-22(27)17-7-10-26(11-8-17)23(28)19-6-5-18(31-4)13-21(19)29-3/h5-6,9,12-13,17H,7-8,10-11,14H2,1-4H3. The molecule has 1 saturated heterocycles. The summed E-state index contributed by atoms with van der Waals surface area (Å²) in [4.78, 5) is 20.8. The van der Waals surface area contributed by atoms with E-state index in [9.17, 15) is 4.79 Å². The molecule has 3 heterocycles. The molecule has 0 saturated carbocycles. The van der Waals surface area contributed by atoms with Gasteiger partial charge >= 0.3 is 0 Å². The van der Waals surface area contributed by atoms with Gasteiger partial charge in [0.05, 0.1) is 24.9 Å². The molecule has 7 nitrogen and oxygen atoms in total. The molecular weight excluding hydrogens is 412 g/mol. The van der Waals surface area contributed by atoms with Gasteiger partial charge in [-0.15, -0.1) is 11.8 Å². The van der Waals surface area contributed by atoms with Crippen molar-refractivity contribution < 1.29 is 14.1 Å². The van der Waals surface area contributed by atoms with Crippen molar-refractivity contribution in [3.63, 3.8) is 0 Å². The SMILES string of the molecule is COc1cc(SC)ccc1C(=O)N1CCC(c2nccn2Cc2c(C)noc2C)CC1. The third kappa shape index (κ3) is 4.35. The molecule has 3 aromatic rings. The number of likely N-dealkylation sites (tertiary alicyclic amines) is 1. The van der Waals surface area contributed by atoms with Crippen molar-refractivity contribution in [2.24, 2.45) is 0 Å². The molecule has 1 aliphatic rings. The monoisotopic (exact) mass is 440 g/mol. The number of amides is 1. The summed E-state index contributed by atoms with van der Waals surface area (Å²) in [5, 5.41) is 4.06. The molecule has 1 aromatic carbocycles. The molecular formula is C23H28N4O3S. The number of carbonyl (C=O) groups excluding carboxylic acids is 1. The van der Waals surface area contributed by atoms with E-state index in [2.05, 4.69) is 14.7 Å². The molecule has 0 atom stereocenters. The first-order valence-electron chi connectivity index (χ1n) is 10.5. The number of thioether (sulfide) groups is 1. The average molecular weight is 441 g/mol. The predicted molar refractivity (Wildman–Crippen MR) is 120 cm³/mol. The maximum absolute atomic E-state index is 13.1. The van der Waals surface area contributed by atoms with Crippen LogP contribution < -0.4 is 4.74 Å². The summed E-state index contributed by atoms with van der Waals surface area (Å²) in [6.07, 6.45) is 7.64. The summed E-state index contributed by atoms with van der Waals surface area (Å²) in [5.41, 5.74) is 2.64. The number of piperidine rings is 1. The highest BCUT2D eigenvalue weighted by Gasteiger charge is 2.28. The highest BCUT2D eigenvalue weighted by Crippen LogP contribution is 2.31. The van der Waals surface area contributed by atoms with Gasteiger partial charge in [-0.2, -0.15) is 0 Å². The van der Waals surface area contributed by atoms with Gasteiger partial charge in [0, 0.05) is 41.9 Å². The molecule has 0 spiro atoms. The van der Waals surface area contributed by atoms with Gasteiger partial charge in [0.25, 0.3) is 5.91 Å². The Kier molecular flexibility index (Phi) is 6.36. The van der Waals surface area contributed by atoms with Gasteiger partial charge in [-0.25, -0.2) is 4.98 Å². The topological polar surface area (TPSA) is 73.4 Å². The zero-order valence-corrected chi connectivity index (χ0v) is 19.2. The van der Waals surface area contributed by atoms with Crippen molar-refractivity contribution >= 4 is 17.7 Å². The lowest BCUT2D eigenvalue weighted by Gasteiger charge is -2.32. The fourth-order valence-electron chi connectivity index (χ4n) is 4.20. The van der Waals surface area contributed by atoms with Crippen LogP contribution in [0.2, 0.25) is 0 Å². The quantitative estimate of drug-likeness (QED) is 0.533. The summed E-state index contributed by atoms with van der Waals surface area (Å²) in [7, 11) is 1.61. The fraction of sp³-hybridized carbons (Fsp3) is 0.435. The molecule has 1 fully saturated rings. The summed E-state index contributed by atoms with van der Waals surface area (Å²) >= 11 is 1.63. The van der Waals surface area contributed by atoms with Gasteiger partial charge in [0.15, 0.2) is 0 Å². The lowest BCUT2D eigenvalue weighted by atomic mass is 9.95. The highest BCUT2D eigenvalue weighted by atomic mass is 32.2. The van der Waals surface area contributed by atoms with Gasteiger partial charge in [0.1, 0.15) is 17.3 Å². The highest BCUT2D eigenvalue weighted by molar-refractivity contribution is 7.98. The first kappa shape index (κ1) is 21.5. The normalized spacial score (nSPS) is 14.8. The van der Waals surface area contributed by atoms with Crippen LogP contribution in [-0.4, -0.2) is 52.0 Å². The van der Waals surface area contributed by atoms with Crippen LogP contribution in [0.25, 0.3) is 0 Å². The molecule has 0 bridgehead atoms. The Morgan fingerprint density at radius 2 is 2.06 bits per heavy atom. The van der Waals surface area contributed by atoms with Gasteiger partial charge in [-0.05, 0) is 51.1 Å². The van der Waals surface area contributed by atoms with Crippen molar-refractivity contribution in [2.75, 3.05) is 26.5 Å². The number of rotatable bonds is 6. The number of nitrogens with zero attached hydrogens (tertiary/aromatic N) is 4. The first-order valence-corrected chi connectivity index (χ1v) is 11.7. The number of methoxy groups -OCH3 is 1. The van der Waals surface area contributed by atoms with Crippen LogP contribution >= 0.6 is 11.8 Å². The number of carbonyl (C=O) groups is 1. The van der Waals surface area contributed by atoms with Crippen LogP contribution in [0, 0.1) is 13.8 Å². The lowest BCUT2D eigenvalue weighted by molar-refractivity contribution is 0.0707. The van der Waals surface area contributed by atoms with E-state index in [0.29, 0.717) is 36.9 Å². The number of aryl methyl sites for hydroxylation is 2. The Morgan fingerprint density at radius 3 is 2.71 bits per heavy atom. The molecule has 31 heavy (non-hydrogen) atoms. The molecule has 2 aromatic heterocycles. The maximum Gasteiger partial charge on any atom is 0.257 e. The van der Waals surface area contributed by atoms with Crippen molar-refractivity contribution in [1.82, 2.24) is 19.6 Å². The van der Waals surface area contributed by atoms with Crippen molar-refractivity contribution in [1.29, 1.82) is 0 Å². The molecule has 0 aliphatic carbocycles. The largest absolute Gasteiger partial charge is 0.496 e. The van der Waals surface area contributed by atoms with Gasteiger partial charge in [-0.3, -0.25) is 4.79 Å². The summed E-state index contributed by atoms with van der Waals surface area (Å²) < 4.78 is 13.0. The first-order chi connectivity index (χ1) is 15.0. The molecule has 164 valence electrons.